The van der Waals surface area contributed by atoms with E-state index in [9.17, 15) is 0 Å². The van der Waals surface area contributed by atoms with Crippen molar-refractivity contribution in [1.29, 1.82) is 0 Å². The van der Waals surface area contributed by atoms with Gasteiger partial charge in [-0.3, -0.25) is 0 Å². The van der Waals surface area contributed by atoms with Crippen LogP contribution in [0.2, 0.25) is 0 Å². The molecule has 0 amide bonds. The fourth-order valence-electron chi connectivity index (χ4n) is 1.56. The fraction of sp³-hybridized carbons (Fsp3) is 0.200. The molecule has 104 valence electrons. The predicted octanol–water partition coefficient (Wildman–Crippen LogP) is 3.30. The van der Waals surface area contributed by atoms with Gasteiger partial charge in [-0.25, -0.2) is 4.98 Å². The molecule has 0 bridgehead atoms. The largest absolute Gasteiger partial charge is 0.490 e. The van der Waals surface area contributed by atoms with Gasteiger partial charge in [0.2, 0.25) is 5.88 Å². The van der Waals surface area contributed by atoms with E-state index in [1.165, 1.54) is 0 Å². The first-order valence-corrected chi connectivity index (χ1v) is 6.77. The minimum Gasteiger partial charge on any atom is -0.490 e. The molecule has 1 heterocycles. The number of hydrogen-bond acceptors (Lipinski definition) is 4. The van der Waals surface area contributed by atoms with Gasteiger partial charge < -0.3 is 15.2 Å². The highest BCUT2D eigenvalue weighted by atomic mass is 32.1. The minimum atomic E-state index is 0.315. The quantitative estimate of drug-likeness (QED) is 0.826. The van der Waals surface area contributed by atoms with E-state index >= 15 is 0 Å². The van der Waals surface area contributed by atoms with Crippen LogP contribution in [-0.4, -0.2) is 16.6 Å². The van der Waals surface area contributed by atoms with E-state index in [-0.39, 0.29) is 0 Å². The highest BCUT2D eigenvalue weighted by molar-refractivity contribution is 7.80. The summed E-state index contributed by atoms with van der Waals surface area (Å²) in [5.41, 5.74) is 6.24. The van der Waals surface area contributed by atoms with Gasteiger partial charge in [-0.15, -0.1) is 0 Å². The lowest BCUT2D eigenvalue weighted by molar-refractivity contribution is 0.301. The van der Waals surface area contributed by atoms with Gasteiger partial charge in [0, 0.05) is 17.8 Å². The van der Waals surface area contributed by atoms with Crippen LogP contribution in [0.25, 0.3) is 0 Å². The minimum absolute atomic E-state index is 0.315. The Bertz CT molecular complexity index is 585. The van der Waals surface area contributed by atoms with E-state index in [1.54, 1.807) is 18.3 Å². The summed E-state index contributed by atoms with van der Waals surface area (Å²) in [6, 6.07) is 11.0. The highest BCUT2D eigenvalue weighted by Crippen LogP contribution is 2.30. The molecular weight excluding hydrogens is 272 g/mol. The Kier molecular flexibility index (Phi) is 4.90. The number of ether oxygens (including phenoxy) is 2. The van der Waals surface area contributed by atoms with Crippen molar-refractivity contribution in [2.75, 3.05) is 6.61 Å². The second-order valence-electron chi connectivity index (χ2n) is 4.15. The second kappa shape index (κ2) is 6.86. The normalized spacial score (nSPS) is 10.1. The molecule has 0 saturated carbocycles. The lowest BCUT2D eigenvalue weighted by Crippen LogP contribution is -2.09. The van der Waals surface area contributed by atoms with Crippen LogP contribution >= 0.6 is 12.2 Å². The third-order valence-corrected chi connectivity index (χ3v) is 2.78. The van der Waals surface area contributed by atoms with Crippen molar-refractivity contribution in [3.8, 4) is 17.4 Å². The summed E-state index contributed by atoms with van der Waals surface area (Å²) in [4.78, 5) is 4.49. The molecule has 5 heteroatoms. The Morgan fingerprint density at radius 3 is 2.55 bits per heavy atom. The molecular formula is C15H16N2O2S. The molecule has 4 nitrogen and oxygen atoms in total. The number of aromatic nitrogens is 1. The molecule has 0 fully saturated rings. The summed E-state index contributed by atoms with van der Waals surface area (Å²) >= 11 is 4.88. The third-order valence-electron chi connectivity index (χ3n) is 2.55. The van der Waals surface area contributed by atoms with Crippen LogP contribution in [0.4, 0.5) is 0 Å². The lowest BCUT2D eigenvalue weighted by atomic mass is 10.3. The number of rotatable bonds is 6. The van der Waals surface area contributed by atoms with Crippen LogP contribution in [-0.2, 0) is 0 Å². The van der Waals surface area contributed by atoms with Crippen LogP contribution in [0.1, 0.15) is 18.9 Å². The molecule has 0 aliphatic heterocycles. The average molecular weight is 288 g/mol. The van der Waals surface area contributed by atoms with E-state index < -0.39 is 0 Å². The highest BCUT2D eigenvalue weighted by Gasteiger charge is 2.06. The predicted molar refractivity (Wildman–Crippen MR) is 82.4 cm³/mol. The van der Waals surface area contributed by atoms with Gasteiger partial charge in [-0.05, 0) is 24.6 Å². The maximum absolute atomic E-state index is 5.72. The molecule has 0 aliphatic carbocycles. The Morgan fingerprint density at radius 1 is 1.20 bits per heavy atom. The van der Waals surface area contributed by atoms with E-state index in [0.29, 0.717) is 34.5 Å². The number of nitrogens with two attached hydrogens (primary N) is 1. The number of para-hydroxylation sites is 2. The summed E-state index contributed by atoms with van der Waals surface area (Å²) in [5.74, 6) is 1.81. The Morgan fingerprint density at radius 2 is 1.95 bits per heavy atom. The topological polar surface area (TPSA) is 57.4 Å². The zero-order valence-electron chi connectivity index (χ0n) is 11.2. The van der Waals surface area contributed by atoms with Crippen LogP contribution in [0.5, 0.6) is 17.4 Å². The first-order valence-electron chi connectivity index (χ1n) is 6.36. The first-order chi connectivity index (χ1) is 9.70. The van der Waals surface area contributed by atoms with Crippen molar-refractivity contribution in [1.82, 2.24) is 4.98 Å². The zero-order chi connectivity index (χ0) is 14.4. The molecule has 2 aromatic rings. The van der Waals surface area contributed by atoms with Gasteiger partial charge in [0.05, 0.1) is 6.61 Å². The van der Waals surface area contributed by atoms with Gasteiger partial charge in [0.1, 0.15) is 4.99 Å². The number of thiocarbonyl (C=S) groups is 1. The van der Waals surface area contributed by atoms with E-state index in [0.717, 1.165) is 6.42 Å². The van der Waals surface area contributed by atoms with Gasteiger partial charge in [0.15, 0.2) is 11.5 Å². The van der Waals surface area contributed by atoms with Gasteiger partial charge >= 0.3 is 0 Å². The second-order valence-corrected chi connectivity index (χ2v) is 4.59. The molecule has 0 atom stereocenters. The molecule has 2 N–H and O–H groups in total. The van der Waals surface area contributed by atoms with Gasteiger partial charge in [0.25, 0.3) is 0 Å². The molecule has 0 aliphatic rings. The van der Waals surface area contributed by atoms with Gasteiger partial charge in [-0.1, -0.05) is 31.3 Å². The van der Waals surface area contributed by atoms with Crippen LogP contribution < -0.4 is 15.2 Å². The Hall–Kier alpha value is -2.14. The van der Waals surface area contributed by atoms with E-state index in [1.807, 2.05) is 24.3 Å². The molecule has 0 saturated heterocycles. The summed E-state index contributed by atoms with van der Waals surface area (Å²) in [7, 11) is 0. The van der Waals surface area contributed by atoms with Crippen LogP contribution in [0.3, 0.4) is 0 Å². The Labute approximate surface area is 123 Å². The molecule has 2 rings (SSSR count). The summed E-state index contributed by atoms with van der Waals surface area (Å²) in [5, 5.41) is 0. The third kappa shape index (κ3) is 3.68. The van der Waals surface area contributed by atoms with Crippen molar-refractivity contribution >= 4 is 17.2 Å². The monoisotopic (exact) mass is 288 g/mol. The first kappa shape index (κ1) is 14.3. The lowest BCUT2D eigenvalue weighted by Gasteiger charge is -2.11. The van der Waals surface area contributed by atoms with Crippen molar-refractivity contribution in [3.63, 3.8) is 0 Å². The summed E-state index contributed by atoms with van der Waals surface area (Å²) < 4.78 is 11.3. The van der Waals surface area contributed by atoms with Gasteiger partial charge in [-0.2, -0.15) is 0 Å². The number of benzene rings is 1. The zero-order valence-corrected chi connectivity index (χ0v) is 12.0. The average Bonchev–Trinajstić information content (AvgIpc) is 2.47. The van der Waals surface area contributed by atoms with Crippen molar-refractivity contribution in [3.05, 3.63) is 48.2 Å². The van der Waals surface area contributed by atoms with Crippen molar-refractivity contribution in [2.45, 2.75) is 13.3 Å². The number of pyridine rings is 1. The maximum Gasteiger partial charge on any atom is 0.219 e. The fourth-order valence-corrected chi connectivity index (χ4v) is 1.69. The molecule has 1 aromatic carbocycles. The van der Waals surface area contributed by atoms with E-state index in [4.69, 9.17) is 27.4 Å². The SMILES string of the molecule is CCCOc1ccccc1Oc1ccc(C(N)=S)cn1. The molecule has 1 aromatic heterocycles. The van der Waals surface area contributed by atoms with Crippen LogP contribution in [0, 0.1) is 0 Å². The number of hydrogen-bond donors (Lipinski definition) is 1. The summed E-state index contributed by atoms with van der Waals surface area (Å²) in [6.45, 7) is 2.70. The van der Waals surface area contributed by atoms with E-state index in [2.05, 4.69) is 11.9 Å². The molecule has 20 heavy (non-hydrogen) atoms. The maximum atomic E-state index is 5.72. The molecule has 0 radical (unpaired) electrons. The molecule has 0 spiro atoms. The Balaban J connectivity index is 2.14. The smallest absolute Gasteiger partial charge is 0.219 e. The van der Waals surface area contributed by atoms with Crippen LogP contribution in [0.15, 0.2) is 42.6 Å². The number of nitrogens with zero attached hydrogens (tertiary/aromatic N) is 1. The van der Waals surface area contributed by atoms with Crippen molar-refractivity contribution < 1.29 is 9.47 Å². The van der Waals surface area contributed by atoms with Crippen molar-refractivity contribution in [2.24, 2.45) is 5.73 Å². The standard InChI is InChI=1S/C15H16N2O2S/c1-2-9-18-12-5-3-4-6-13(12)19-14-8-7-11(10-17-14)15(16)20/h3-8,10H,2,9H2,1H3,(H2,16,20). The molecule has 0 unspecified atom stereocenters. The summed E-state index contributed by atoms with van der Waals surface area (Å²) in [6.07, 6.45) is 2.53.